The van der Waals surface area contributed by atoms with Gasteiger partial charge in [0.2, 0.25) is 10.0 Å². The van der Waals surface area contributed by atoms with Crippen molar-refractivity contribution < 1.29 is 17.9 Å². The van der Waals surface area contributed by atoms with Gasteiger partial charge in [-0.1, -0.05) is 24.0 Å². The van der Waals surface area contributed by atoms with E-state index in [-0.39, 0.29) is 10.9 Å². The topological polar surface area (TPSA) is 86.5 Å². The van der Waals surface area contributed by atoms with Crippen LogP contribution in [0.4, 0.5) is 0 Å². The molecule has 0 bridgehead atoms. The second-order valence-corrected chi connectivity index (χ2v) is 7.36. The van der Waals surface area contributed by atoms with Crippen molar-refractivity contribution in [2.24, 2.45) is 10.6 Å². The molecule has 0 aliphatic rings. The molecule has 0 amide bonds. The maximum atomic E-state index is 11.5. The number of sulfonamides is 1. The standard InChI is InChI=1S/C16H21NO4S/c1-16(2,3)15(18)21-12-8-4-5-9-13-10-6-7-11-14(13)22(17,19)20/h6-7,10-11H,4,8,12H2,1-3H3,(H2,17,19,20). The van der Waals surface area contributed by atoms with Gasteiger partial charge in [-0.05, 0) is 39.3 Å². The summed E-state index contributed by atoms with van der Waals surface area (Å²) in [5.41, 5.74) is -0.142. The Morgan fingerprint density at radius 1 is 1.27 bits per heavy atom. The van der Waals surface area contributed by atoms with Crippen molar-refractivity contribution in [3.8, 4) is 11.8 Å². The first-order chi connectivity index (χ1) is 10.1. The number of carbonyl (C=O) groups is 1. The largest absolute Gasteiger partial charge is 0.465 e. The number of unbranched alkanes of at least 4 members (excludes halogenated alkanes) is 1. The zero-order valence-electron chi connectivity index (χ0n) is 13.0. The molecule has 0 fully saturated rings. The molecule has 0 aliphatic heterocycles. The summed E-state index contributed by atoms with van der Waals surface area (Å²) in [4.78, 5) is 11.6. The molecule has 0 aromatic heterocycles. The van der Waals surface area contributed by atoms with Crippen LogP contribution >= 0.6 is 0 Å². The highest BCUT2D eigenvalue weighted by Gasteiger charge is 2.22. The Balaban J connectivity index is 2.55. The molecular weight excluding hydrogens is 302 g/mol. The van der Waals surface area contributed by atoms with E-state index in [0.717, 1.165) is 0 Å². The summed E-state index contributed by atoms with van der Waals surface area (Å²) in [5, 5.41) is 5.13. The molecule has 0 radical (unpaired) electrons. The molecule has 0 saturated heterocycles. The smallest absolute Gasteiger partial charge is 0.311 e. The van der Waals surface area contributed by atoms with Crippen molar-refractivity contribution in [1.29, 1.82) is 0 Å². The molecule has 0 saturated carbocycles. The third-order valence-corrected chi connectivity index (χ3v) is 3.68. The summed E-state index contributed by atoms with van der Waals surface area (Å²) < 4.78 is 27.9. The normalized spacial score (nSPS) is 11.5. The Bertz CT molecular complexity index is 691. The summed E-state index contributed by atoms with van der Waals surface area (Å²) in [6, 6.07) is 6.32. The van der Waals surface area contributed by atoms with Gasteiger partial charge < -0.3 is 4.74 Å². The number of benzene rings is 1. The maximum absolute atomic E-state index is 11.5. The van der Waals surface area contributed by atoms with Gasteiger partial charge in [-0.25, -0.2) is 13.6 Å². The van der Waals surface area contributed by atoms with Gasteiger partial charge in [0.25, 0.3) is 0 Å². The van der Waals surface area contributed by atoms with Gasteiger partial charge in [0.1, 0.15) is 0 Å². The molecule has 1 aromatic rings. The lowest BCUT2D eigenvalue weighted by Gasteiger charge is -2.15. The molecule has 0 heterocycles. The van der Waals surface area contributed by atoms with Crippen LogP contribution < -0.4 is 5.14 Å². The lowest BCUT2D eigenvalue weighted by atomic mass is 9.97. The van der Waals surface area contributed by atoms with Gasteiger partial charge in [0.05, 0.1) is 16.9 Å². The van der Waals surface area contributed by atoms with Crippen LogP contribution in [-0.4, -0.2) is 21.0 Å². The van der Waals surface area contributed by atoms with E-state index in [0.29, 0.717) is 25.0 Å². The SMILES string of the molecule is CC(C)(C)C(=O)OCCCC#Cc1ccccc1S(N)(=O)=O. The molecule has 2 N–H and O–H groups in total. The van der Waals surface area contributed by atoms with Crippen LogP contribution in [0, 0.1) is 17.3 Å². The second kappa shape index (κ2) is 7.43. The average Bonchev–Trinajstić information content (AvgIpc) is 2.40. The van der Waals surface area contributed by atoms with E-state index in [1.807, 2.05) is 0 Å². The zero-order valence-corrected chi connectivity index (χ0v) is 13.9. The number of rotatable bonds is 4. The fourth-order valence-corrected chi connectivity index (χ4v) is 2.21. The average molecular weight is 323 g/mol. The van der Waals surface area contributed by atoms with E-state index in [4.69, 9.17) is 9.88 Å². The minimum absolute atomic E-state index is 0.0154. The molecule has 0 aliphatic carbocycles. The van der Waals surface area contributed by atoms with Crippen LogP contribution in [0.25, 0.3) is 0 Å². The summed E-state index contributed by atoms with van der Waals surface area (Å²) in [5.74, 6) is 5.40. The van der Waals surface area contributed by atoms with Crippen molar-refractivity contribution in [1.82, 2.24) is 0 Å². The quantitative estimate of drug-likeness (QED) is 0.522. The van der Waals surface area contributed by atoms with E-state index in [1.54, 1.807) is 39.0 Å². The van der Waals surface area contributed by atoms with Crippen LogP contribution in [-0.2, 0) is 19.6 Å². The van der Waals surface area contributed by atoms with Gasteiger partial charge in [-0.2, -0.15) is 0 Å². The third kappa shape index (κ3) is 5.88. The molecule has 1 aromatic carbocycles. The predicted molar refractivity (Wildman–Crippen MR) is 84.3 cm³/mol. The van der Waals surface area contributed by atoms with Crippen LogP contribution in [0.3, 0.4) is 0 Å². The molecule has 0 spiro atoms. The first kappa shape index (κ1) is 18.2. The van der Waals surface area contributed by atoms with Gasteiger partial charge in [-0.3, -0.25) is 4.79 Å². The van der Waals surface area contributed by atoms with Gasteiger partial charge in [0, 0.05) is 12.0 Å². The highest BCUT2D eigenvalue weighted by atomic mass is 32.2. The lowest BCUT2D eigenvalue weighted by molar-refractivity contribution is -0.152. The monoisotopic (exact) mass is 323 g/mol. The lowest BCUT2D eigenvalue weighted by Crippen LogP contribution is -2.23. The fourth-order valence-electron chi connectivity index (χ4n) is 1.52. The van der Waals surface area contributed by atoms with E-state index < -0.39 is 15.4 Å². The highest BCUT2D eigenvalue weighted by Crippen LogP contribution is 2.15. The molecule has 0 atom stereocenters. The fraction of sp³-hybridized carbons (Fsp3) is 0.438. The van der Waals surface area contributed by atoms with Crippen LogP contribution in [0.1, 0.15) is 39.2 Å². The predicted octanol–water partition coefficient (Wildman–Crippen LogP) is 2.06. The van der Waals surface area contributed by atoms with Gasteiger partial charge in [-0.15, -0.1) is 0 Å². The van der Waals surface area contributed by atoms with Crippen molar-refractivity contribution in [3.63, 3.8) is 0 Å². The summed E-state index contributed by atoms with van der Waals surface area (Å²) in [7, 11) is -3.78. The minimum atomic E-state index is -3.78. The van der Waals surface area contributed by atoms with Crippen LogP contribution in [0.5, 0.6) is 0 Å². The summed E-state index contributed by atoms with van der Waals surface area (Å²) >= 11 is 0. The molecule has 1 rings (SSSR count). The van der Waals surface area contributed by atoms with E-state index in [2.05, 4.69) is 11.8 Å². The number of primary sulfonamides is 1. The Hall–Kier alpha value is -1.84. The minimum Gasteiger partial charge on any atom is -0.465 e. The molecule has 0 unspecified atom stereocenters. The molecule has 22 heavy (non-hydrogen) atoms. The molecular formula is C16H21NO4S. The summed E-state index contributed by atoms with van der Waals surface area (Å²) in [6.07, 6.45) is 1.09. The van der Waals surface area contributed by atoms with Crippen molar-refractivity contribution >= 4 is 16.0 Å². The van der Waals surface area contributed by atoms with Crippen LogP contribution in [0.2, 0.25) is 0 Å². The Morgan fingerprint density at radius 2 is 1.91 bits per heavy atom. The maximum Gasteiger partial charge on any atom is 0.311 e. The molecule has 5 nitrogen and oxygen atoms in total. The van der Waals surface area contributed by atoms with E-state index in [1.165, 1.54) is 6.07 Å². The number of nitrogens with two attached hydrogens (primary N) is 1. The first-order valence-corrected chi connectivity index (χ1v) is 8.45. The second-order valence-electron chi connectivity index (χ2n) is 5.83. The number of hydrogen-bond acceptors (Lipinski definition) is 4. The Kier molecular flexibility index (Phi) is 6.15. The Labute approximate surface area is 131 Å². The van der Waals surface area contributed by atoms with E-state index >= 15 is 0 Å². The highest BCUT2D eigenvalue weighted by molar-refractivity contribution is 7.89. The zero-order chi connectivity index (χ0) is 16.8. The number of ether oxygens (including phenoxy) is 1. The third-order valence-electron chi connectivity index (χ3n) is 2.71. The van der Waals surface area contributed by atoms with Crippen molar-refractivity contribution in [2.75, 3.05) is 6.61 Å². The van der Waals surface area contributed by atoms with Crippen molar-refractivity contribution in [3.05, 3.63) is 29.8 Å². The number of esters is 1. The number of hydrogen-bond donors (Lipinski definition) is 1. The van der Waals surface area contributed by atoms with Gasteiger partial charge >= 0.3 is 5.97 Å². The van der Waals surface area contributed by atoms with E-state index in [9.17, 15) is 13.2 Å². The van der Waals surface area contributed by atoms with Crippen molar-refractivity contribution in [2.45, 2.75) is 38.5 Å². The molecule has 120 valence electrons. The Morgan fingerprint density at radius 3 is 2.50 bits per heavy atom. The molecule has 6 heteroatoms. The van der Waals surface area contributed by atoms with Crippen LogP contribution in [0.15, 0.2) is 29.2 Å². The first-order valence-electron chi connectivity index (χ1n) is 6.90. The number of carbonyl (C=O) groups excluding carboxylic acids is 1. The summed E-state index contributed by atoms with van der Waals surface area (Å²) in [6.45, 7) is 5.67. The van der Waals surface area contributed by atoms with Gasteiger partial charge in [0.15, 0.2) is 0 Å².